The van der Waals surface area contributed by atoms with E-state index in [0.29, 0.717) is 0 Å². The third-order valence-corrected chi connectivity index (χ3v) is 4.36. The van der Waals surface area contributed by atoms with Crippen molar-refractivity contribution in [2.45, 2.75) is 39.4 Å². The number of pyridine rings is 1. The molecule has 5 nitrogen and oxygen atoms in total. The number of aromatic nitrogens is 1. The van der Waals surface area contributed by atoms with Gasteiger partial charge in [-0.2, -0.15) is 0 Å². The molecule has 2 rings (SSSR count). The average Bonchev–Trinajstić information content (AvgIpc) is 2.49. The molecule has 1 atom stereocenters. The molecule has 6 heteroatoms. The number of nitrogens with one attached hydrogen (secondary N) is 1. The summed E-state index contributed by atoms with van der Waals surface area (Å²) in [4.78, 5) is 20.7. The summed E-state index contributed by atoms with van der Waals surface area (Å²) in [5.41, 5.74) is 1.11. The molecule has 1 saturated heterocycles. The molecule has 1 aliphatic rings. The maximum absolute atomic E-state index is 12.1. The summed E-state index contributed by atoms with van der Waals surface area (Å²) >= 11 is 6.16. The number of piperazine rings is 1. The van der Waals surface area contributed by atoms with Crippen LogP contribution in [0.15, 0.2) is 18.5 Å². The quantitative estimate of drug-likeness (QED) is 0.896. The van der Waals surface area contributed by atoms with Gasteiger partial charge in [-0.3, -0.25) is 19.6 Å². The molecule has 1 N–H and O–H groups in total. The number of rotatable bonds is 5. The average molecular weight is 325 g/mol. The number of amides is 1. The van der Waals surface area contributed by atoms with Crippen LogP contribution in [0.1, 0.15) is 26.3 Å². The van der Waals surface area contributed by atoms with Crippen LogP contribution in [0.5, 0.6) is 0 Å². The maximum atomic E-state index is 12.1. The van der Waals surface area contributed by atoms with Crippen molar-refractivity contribution in [1.29, 1.82) is 0 Å². The molecule has 0 radical (unpaired) electrons. The third kappa shape index (κ3) is 4.66. The maximum Gasteiger partial charge on any atom is 0.237 e. The third-order valence-electron chi connectivity index (χ3n) is 4.02. The smallest absolute Gasteiger partial charge is 0.237 e. The second-order valence-corrected chi connectivity index (χ2v) is 6.53. The van der Waals surface area contributed by atoms with Crippen LogP contribution in [0, 0.1) is 0 Å². The predicted octanol–water partition coefficient (Wildman–Crippen LogP) is 1.77. The van der Waals surface area contributed by atoms with Crippen LogP contribution in [0.2, 0.25) is 5.02 Å². The van der Waals surface area contributed by atoms with Gasteiger partial charge in [0.1, 0.15) is 0 Å². The first-order valence-electron chi connectivity index (χ1n) is 7.82. The predicted molar refractivity (Wildman–Crippen MR) is 88.8 cm³/mol. The highest BCUT2D eigenvalue weighted by Gasteiger charge is 2.25. The summed E-state index contributed by atoms with van der Waals surface area (Å²) in [6.45, 7) is 10.5. The van der Waals surface area contributed by atoms with E-state index in [4.69, 9.17) is 11.6 Å². The van der Waals surface area contributed by atoms with Gasteiger partial charge in [0.25, 0.3) is 0 Å². The van der Waals surface area contributed by atoms with Crippen LogP contribution in [-0.2, 0) is 11.3 Å². The summed E-state index contributed by atoms with van der Waals surface area (Å²) in [5, 5.41) is 3.70. The Morgan fingerprint density at radius 3 is 2.59 bits per heavy atom. The largest absolute Gasteiger partial charge is 0.353 e. The summed E-state index contributed by atoms with van der Waals surface area (Å²) < 4.78 is 0. The minimum absolute atomic E-state index is 0.0749. The van der Waals surface area contributed by atoms with Crippen molar-refractivity contribution < 1.29 is 4.79 Å². The number of halogens is 1. The second-order valence-electron chi connectivity index (χ2n) is 6.12. The molecule has 1 aromatic heterocycles. The van der Waals surface area contributed by atoms with Gasteiger partial charge >= 0.3 is 0 Å². The van der Waals surface area contributed by atoms with Crippen molar-refractivity contribution in [1.82, 2.24) is 20.1 Å². The number of carbonyl (C=O) groups is 1. The summed E-state index contributed by atoms with van der Waals surface area (Å²) in [5.74, 6) is 0.112. The fraction of sp³-hybridized carbons (Fsp3) is 0.625. The SMILES string of the molecule is CC(C)NC(=O)[C@H](C)N1CCN(Cc2ccncc2Cl)CC1. The topological polar surface area (TPSA) is 48.5 Å². The van der Waals surface area contributed by atoms with E-state index in [-0.39, 0.29) is 18.0 Å². The highest BCUT2D eigenvalue weighted by molar-refractivity contribution is 6.31. The molecular formula is C16H25ClN4O. The van der Waals surface area contributed by atoms with Crippen LogP contribution < -0.4 is 5.32 Å². The zero-order valence-corrected chi connectivity index (χ0v) is 14.3. The molecule has 0 aliphatic carbocycles. The second kappa shape index (κ2) is 7.90. The summed E-state index contributed by atoms with van der Waals surface area (Å²) in [6.07, 6.45) is 3.46. The molecule has 1 amide bonds. The van der Waals surface area contributed by atoms with Gasteiger partial charge in [-0.1, -0.05) is 11.6 Å². The Hall–Kier alpha value is -1.17. The monoisotopic (exact) mass is 324 g/mol. The molecule has 0 spiro atoms. The molecule has 0 saturated carbocycles. The van der Waals surface area contributed by atoms with E-state index < -0.39 is 0 Å². The lowest BCUT2D eigenvalue weighted by molar-refractivity contribution is -0.127. The Morgan fingerprint density at radius 1 is 1.32 bits per heavy atom. The molecule has 1 aromatic rings. The van der Waals surface area contributed by atoms with E-state index in [0.717, 1.165) is 43.3 Å². The molecule has 22 heavy (non-hydrogen) atoms. The molecule has 0 bridgehead atoms. The van der Waals surface area contributed by atoms with E-state index in [1.54, 1.807) is 12.4 Å². The molecule has 1 aliphatic heterocycles. The lowest BCUT2D eigenvalue weighted by atomic mass is 10.2. The van der Waals surface area contributed by atoms with Gasteiger partial charge in [-0.15, -0.1) is 0 Å². The van der Waals surface area contributed by atoms with Crippen molar-refractivity contribution in [3.05, 3.63) is 29.0 Å². The Bertz CT molecular complexity index is 501. The normalized spacial score (nSPS) is 18.4. The standard InChI is InChI=1S/C16H25ClN4O/c1-12(2)19-16(22)13(3)21-8-6-20(7-9-21)11-14-4-5-18-10-15(14)17/h4-5,10,12-13H,6-9,11H2,1-3H3,(H,19,22)/t13-/m0/s1. The fourth-order valence-electron chi connectivity index (χ4n) is 2.65. The highest BCUT2D eigenvalue weighted by Crippen LogP contribution is 2.17. The lowest BCUT2D eigenvalue weighted by Gasteiger charge is -2.37. The van der Waals surface area contributed by atoms with E-state index in [1.807, 2.05) is 26.8 Å². The number of carbonyl (C=O) groups excluding carboxylic acids is 1. The Kier molecular flexibility index (Phi) is 6.17. The van der Waals surface area contributed by atoms with Gasteiger partial charge in [0.2, 0.25) is 5.91 Å². The molecule has 122 valence electrons. The van der Waals surface area contributed by atoms with Gasteiger partial charge in [0.15, 0.2) is 0 Å². The van der Waals surface area contributed by atoms with Crippen molar-refractivity contribution in [3.63, 3.8) is 0 Å². The molecule has 2 heterocycles. The van der Waals surface area contributed by atoms with E-state index >= 15 is 0 Å². The van der Waals surface area contributed by atoms with Crippen molar-refractivity contribution in [2.75, 3.05) is 26.2 Å². The van der Waals surface area contributed by atoms with E-state index in [2.05, 4.69) is 20.1 Å². The number of hydrogen-bond donors (Lipinski definition) is 1. The minimum atomic E-state index is -0.0749. The molecule has 1 fully saturated rings. The Labute approximate surface area is 137 Å². The zero-order valence-electron chi connectivity index (χ0n) is 13.6. The van der Waals surface area contributed by atoms with Crippen LogP contribution in [-0.4, -0.2) is 59.0 Å². The van der Waals surface area contributed by atoms with Crippen LogP contribution >= 0.6 is 11.6 Å². The van der Waals surface area contributed by atoms with E-state index in [1.165, 1.54) is 0 Å². The van der Waals surface area contributed by atoms with Crippen molar-refractivity contribution in [2.24, 2.45) is 0 Å². The lowest BCUT2D eigenvalue weighted by Crippen LogP contribution is -2.54. The number of nitrogens with zero attached hydrogens (tertiary/aromatic N) is 3. The summed E-state index contributed by atoms with van der Waals surface area (Å²) in [7, 11) is 0. The van der Waals surface area contributed by atoms with Gasteiger partial charge < -0.3 is 5.32 Å². The first-order chi connectivity index (χ1) is 10.5. The van der Waals surface area contributed by atoms with Crippen LogP contribution in [0.25, 0.3) is 0 Å². The van der Waals surface area contributed by atoms with Gasteiger partial charge in [-0.05, 0) is 32.4 Å². The highest BCUT2D eigenvalue weighted by atomic mass is 35.5. The first-order valence-corrected chi connectivity index (χ1v) is 8.20. The zero-order chi connectivity index (χ0) is 16.1. The van der Waals surface area contributed by atoms with Crippen LogP contribution in [0.3, 0.4) is 0 Å². The Morgan fingerprint density at radius 2 is 2.00 bits per heavy atom. The van der Waals surface area contributed by atoms with Crippen molar-refractivity contribution >= 4 is 17.5 Å². The molecule has 0 aromatic carbocycles. The summed E-state index contributed by atoms with van der Waals surface area (Å²) in [6, 6.07) is 2.08. The van der Waals surface area contributed by atoms with Gasteiger partial charge in [0.05, 0.1) is 11.1 Å². The fourth-order valence-corrected chi connectivity index (χ4v) is 2.83. The van der Waals surface area contributed by atoms with Crippen molar-refractivity contribution in [3.8, 4) is 0 Å². The minimum Gasteiger partial charge on any atom is -0.353 e. The van der Waals surface area contributed by atoms with E-state index in [9.17, 15) is 4.79 Å². The first kappa shape index (κ1) is 17.2. The molecular weight excluding hydrogens is 300 g/mol. The molecule has 0 unspecified atom stereocenters. The Balaban J connectivity index is 1.83. The van der Waals surface area contributed by atoms with Gasteiger partial charge in [0, 0.05) is 51.2 Å². The number of hydrogen-bond acceptors (Lipinski definition) is 4. The van der Waals surface area contributed by atoms with Gasteiger partial charge in [-0.25, -0.2) is 0 Å². The van der Waals surface area contributed by atoms with Crippen LogP contribution in [0.4, 0.5) is 0 Å².